The van der Waals surface area contributed by atoms with E-state index >= 15 is 0 Å². The first-order chi connectivity index (χ1) is 7.09. The minimum Gasteiger partial charge on any atom is -0.308 e. The Kier molecular flexibility index (Phi) is 3.07. The van der Waals surface area contributed by atoms with Crippen LogP contribution >= 0.6 is 15.9 Å². The van der Waals surface area contributed by atoms with E-state index in [0.29, 0.717) is 10.5 Å². The van der Waals surface area contributed by atoms with Crippen molar-refractivity contribution in [3.05, 3.63) is 34.3 Å². The number of hydrogen-bond acceptors (Lipinski definition) is 1. The average Bonchev–Trinajstić information content (AvgIpc) is 2.99. The molecular weight excluding hydrogens is 264 g/mol. The molecule has 1 nitrogen and oxygen atoms in total. The SMILES string of the molecule is FC(F)(CNC1CC1)c1ccccc1Br. The van der Waals surface area contributed by atoms with E-state index in [0.717, 1.165) is 12.8 Å². The molecule has 0 atom stereocenters. The zero-order chi connectivity index (χ0) is 10.9. The van der Waals surface area contributed by atoms with E-state index < -0.39 is 5.92 Å². The number of rotatable bonds is 4. The van der Waals surface area contributed by atoms with Gasteiger partial charge in [-0.1, -0.05) is 34.1 Å². The van der Waals surface area contributed by atoms with Gasteiger partial charge in [0.25, 0.3) is 5.92 Å². The molecule has 1 aliphatic rings. The quantitative estimate of drug-likeness (QED) is 0.889. The first-order valence-electron chi connectivity index (χ1n) is 4.96. The molecule has 0 amide bonds. The molecule has 2 rings (SSSR count). The minimum absolute atomic E-state index is 0.0538. The van der Waals surface area contributed by atoms with Crippen LogP contribution in [0.15, 0.2) is 28.7 Å². The first-order valence-corrected chi connectivity index (χ1v) is 5.75. The van der Waals surface area contributed by atoms with Gasteiger partial charge in [-0.3, -0.25) is 0 Å². The Balaban J connectivity index is 2.08. The molecule has 0 bridgehead atoms. The van der Waals surface area contributed by atoms with Crippen LogP contribution in [-0.2, 0) is 5.92 Å². The first kappa shape index (κ1) is 11.0. The Morgan fingerprint density at radius 3 is 2.60 bits per heavy atom. The van der Waals surface area contributed by atoms with Gasteiger partial charge in [-0.25, -0.2) is 0 Å². The van der Waals surface area contributed by atoms with E-state index in [1.807, 2.05) is 0 Å². The second-order valence-electron chi connectivity index (χ2n) is 3.84. The molecule has 0 spiro atoms. The summed E-state index contributed by atoms with van der Waals surface area (Å²) in [6, 6.07) is 6.76. The van der Waals surface area contributed by atoms with Gasteiger partial charge in [-0.2, -0.15) is 8.78 Å². The highest BCUT2D eigenvalue weighted by molar-refractivity contribution is 9.10. The molecule has 0 heterocycles. The molecule has 1 aromatic rings. The molecule has 0 radical (unpaired) electrons. The maximum Gasteiger partial charge on any atom is 0.286 e. The molecule has 0 unspecified atom stereocenters. The summed E-state index contributed by atoms with van der Waals surface area (Å²) in [6.45, 7) is -0.278. The molecule has 1 N–H and O–H groups in total. The molecule has 1 aliphatic carbocycles. The van der Waals surface area contributed by atoms with E-state index in [1.165, 1.54) is 6.07 Å². The molecule has 82 valence electrons. The van der Waals surface area contributed by atoms with Crippen LogP contribution in [0.3, 0.4) is 0 Å². The van der Waals surface area contributed by atoms with Gasteiger partial charge in [-0.15, -0.1) is 0 Å². The van der Waals surface area contributed by atoms with Crippen LogP contribution in [0.4, 0.5) is 8.78 Å². The molecular formula is C11H12BrF2N. The van der Waals surface area contributed by atoms with Gasteiger partial charge < -0.3 is 5.32 Å². The average molecular weight is 276 g/mol. The third-order valence-electron chi connectivity index (χ3n) is 2.46. The highest BCUT2D eigenvalue weighted by Crippen LogP contribution is 2.33. The minimum atomic E-state index is -2.80. The summed E-state index contributed by atoms with van der Waals surface area (Å²) in [7, 11) is 0. The van der Waals surface area contributed by atoms with Crippen LogP contribution in [0.25, 0.3) is 0 Å². The summed E-state index contributed by atoms with van der Waals surface area (Å²) in [5, 5.41) is 2.85. The van der Waals surface area contributed by atoms with Gasteiger partial charge in [0.05, 0.1) is 6.54 Å². The maximum atomic E-state index is 13.7. The fraction of sp³-hybridized carbons (Fsp3) is 0.455. The lowest BCUT2D eigenvalue weighted by Gasteiger charge is -2.18. The topological polar surface area (TPSA) is 12.0 Å². The number of nitrogens with one attached hydrogen (secondary N) is 1. The van der Waals surface area contributed by atoms with Gasteiger partial charge >= 0.3 is 0 Å². The summed E-state index contributed by atoms with van der Waals surface area (Å²) >= 11 is 3.15. The monoisotopic (exact) mass is 275 g/mol. The Hall–Kier alpha value is -0.480. The smallest absolute Gasteiger partial charge is 0.286 e. The molecule has 1 fully saturated rings. The van der Waals surface area contributed by atoms with Crippen molar-refractivity contribution in [1.82, 2.24) is 5.32 Å². The normalized spacial score (nSPS) is 16.7. The Morgan fingerprint density at radius 2 is 2.00 bits per heavy atom. The number of alkyl halides is 2. The lowest BCUT2D eigenvalue weighted by Crippen LogP contribution is -2.32. The van der Waals surface area contributed by atoms with Crippen LogP contribution < -0.4 is 5.32 Å². The molecule has 1 aromatic carbocycles. The highest BCUT2D eigenvalue weighted by Gasteiger charge is 2.35. The van der Waals surface area contributed by atoms with Crippen LogP contribution in [0.1, 0.15) is 18.4 Å². The molecule has 1 saturated carbocycles. The van der Waals surface area contributed by atoms with Gasteiger partial charge in [0.15, 0.2) is 0 Å². The van der Waals surface area contributed by atoms with Crippen molar-refractivity contribution in [2.24, 2.45) is 0 Å². The van der Waals surface area contributed by atoms with Crippen molar-refractivity contribution in [3.63, 3.8) is 0 Å². The molecule has 0 saturated heterocycles. The second kappa shape index (κ2) is 4.18. The third kappa shape index (κ3) is 2.75. The predicted molar refractivity (Wildman–Crippen MR) is 59.1 cm³/mol. The van der Waals surface area contributed by atoms with Gasteiger partial charge in [0, 0.05) is 16.1 Å². The zero-order valence-electron chi connectivity index (χ0n) is 8.14. The van der Waals surface area contributed by atoms with E-state index in [4.69, 9.17) is 0 Å². The van der Waals surface area contributed by atoms with Crippen LogP contribution in [0.2, 0.25) is 0 Å². The Morgan fingerprint density at radius 1 is 1.33 bits per heavy atom. The number of hydrogen-bond donors (Lipinski definition) is 1. The van der Waals surface area contributed by atoms with E-state index in [-0.39, 0.29) is 12.1 Å². The largest absolute Gasteiger partial charge is 0.308 e. The molecule has 0 aromatic heterocycles. The Labute approximate surface area is 96.0 Å². The number of benzene rings is 1. The Bertz CT molecular complexity index is 350. The maximum absolute atomic E-state index is 13.7. The van der Waals surface area contributed by atoms with Crippen LogP contribution in [0, 0.1) is 0 Å². The molecule has 4 heteroatoms. The van der Waals surface area contributed by atoms with Gasteiger partial charge in [-0.05, 0) is 18.9 Å². The van der Waals surface area contributed by atoms with Gasteiger partial charge in [0.1, 0.15) is 0 Å². The lowest BCUT2D eigenvalue weighted by molar-refractivity contribution is -0.00421. The van der Waals surface area contributed by atoms with E-state index in [1.54, 1.807) is 18.2 Å². The van der Waals surface area contributed by atoms with Crippen molar-refractivity contribution >= 4 is 15.9 Å². The van der Waals surface area contributed by atoms with Crippen LogP contribution in [0.5, 0.6) is 0 Å². The summed E-state index contributed by atoms with van der Waals surface area (Å²) in [5.74, 6) is -2.80. The molecule has 0 aliphatic heterocycles. The summed E-state index contributed by atoms with van der Waals surface area (Å²) in [4.78, 5) is 0. The third-order valence-corrected chi connectivity index (χ3v) is 3.15. The molecule has 15 heavy (non-hydrogen) atoms. The second-order valence-corrected chi connectivity index (χ2v) is 4.69. The highest BCUT2D eigenvalue weighted by atomic mass is 79.9. The fourth-order valence-corrected chi connectivity index (χ4v) is 1.99. The van der Waals surface area contributed by atoms with Crippen molar-refractivity contribution in [2.45, 2.75) is 24.8 Å². The van der Waals surface area contributed by atoms with Crippen LogP contribution in [-0.4, -0.2) is 12.6 Å². The summed E-state index contributed by atoms with van der Waals surface area (Å²) < 4.78 is 27.9. The van der Waals surface area contributed by atoms with Crippen molar-refractivity contribution in [2.75, 3.05) is 6.54 Å². The summed E-state index contributed by atoms with van der Waals surface area (Å²) in [6.07, 6.45) is 2.04. The fourth-order valence-electron chi connectivity index (χ4n) is 1.41. The van der Waals surface area contributed by atoms with Gasteiger partial charge in [0.2, 0.25) is 0 Å². The standard InChI is InChI=1S/C11H12BrF2N/c12-10-4-2-1-3-9(10)11(13,14)7-15-8-5-6-8/h1-4,8,15H,5-7H2. The van der Waals surface area contributed by atoms with Crippen molar-refractivity contribution in [1.29, 1.82) is 0 Å². The van der Waals surface area contributed by atoms with E-state index in [9.17, 15) is 8.78 Å². The van der Waals surface area contributed by atoms with Crippen molar-refractivity contribution < 1.29 is 8.78 Å². The van der Waals surface area contributed by atoms with Crippen molar-refractivity contribution in [3.8, 4) is 0 Å². The van der Waals surface area contributed by atoms with E-state index in [2.05, 4.69) is 21.2 Å². The summed E-state index contributed by atoms with van der Waals surface area (Å²) in [5.41, 5.74) is 0.0538. The number of halogens is 3. The zero-order valence-corrected chi connectivity index (χ0v) is 9.73. The predicted octanol–water partition coefficient (Wildman–Crippen LogP) is 3.29. The lowest BCUT2D eigenvalue weighted by atomic mass is 10.1.